The van der Waals surface area contributed by atoms with Crippen LogP contribution in [0.5, 0.6) is 0 Å². The summed E-state index contributed by atoms with van der Waals surface area (Å²) >= 11 is 39.0. The van der Waals surface area contributed by atoms with Gasteiger partial charge in [0.25, 0.3) is 0 Å². The number of hydrogen-bond donors (Lipinski definition) is 3. The van der Waals surface area contributed by atoms with Gasteiger partial charge in [0.1, 0.15) is 6.29 Å². The highest BCUT2D eigenvalue weighted by Crippen LogP contribution is 2.47. The van der Waals surface area contributed by atoms with Crippen LogP contribution in [0.4, 0.5) is 32.3 Å². The lowest BCUT2D eigenvalue weighted by Crippen LogP contribution is -2.45. The number of likely N-dealkylation sites (tertiary alicyclic amines) is 1. The van der Waals surface area contributed by atoms with Gasteiger partial charge < -0.3 is 25.8 Å². The summed E-state index contributed by atoms with van der Waals surface area (Å²) in [4.78, 5) is 48.1. The fourth-order valence-corrected chi connectivity index (χ4v) is 12.1. The van der Waals surface area contributed by atoms with Crippen LogP contribution in [0.25, 0.3) is 22.3 Å². The van der Waals surface area contributed by atoms with Crippen LogP contribution in [0.15, 0.2) is 109 Å². The van der Waals surface area contributed by atoms with Gasteiger partial charge in [-0.05, 0) is 171 Å². The number of carbonyl (C=O) groups is 3. The fraction of sp³-hybridized carbons (Fsp3) is 0.350. The number of rotatable bonds is 11. The molecule has 406 valence electrons. The van der Waals surface area contributed by atoms with Crippen molar-refractivity contribution in [3.05, 3.63) is 162 Å². The molecule has 4 heterocycles. The minimum absolute atomic E-state index is 0.257. The third-order valence-electron chi connectivity index (χ3n) is 15.1. The van der Waals surface area contributed by atoms with Gasteiger partial charge in [0.15, 0.2) is 0 Å². The number of benzene rings is 6. The Morgan fingerprint density at radius 3 is 1.40 bits per heavy atom. The molecule has 0 bridgehead atoms. The van der Waals surface area contributed by atoms with Crippen LogP contribution in [0, 0.1) is 0 Å². The van der Waals surface area contributed by atoms with E-state index in [0.29, 0.717) is 77.4 Å². The first-order chi connectivity index (χ1) is 37.0. The van der Waals surface area contributed by atoms with Crippen molar-refractivity contribution in [2.24, 2.45) is 0 Å². The molecule has 4 aliphatic rings. The predicted molar refractivity (Wildman–Crippen MR) is 321 cm³/mol. The van der Waals surface area contributed by atoms with Crippen molar-refractivity contribution in [2.45, 2.75) is 97.2 Å². The van der Waals surface area contributed by atoms with Crippen molar-refractivity contribution in [3.8, 4) is 22.3 Å². The van der Waals surface area contributed by atoms with Gasteiger partial charge in [-0.15, -0.1) is 0 Å². The Hall–Kier alpha value is -4.89. The zero-order valence-electron chi connectivity index (χ0n) is 44.3. The highest BCUT2D eigenvalue weighted by Gasteiger charge is 2.34. The van der Waals surface area contributed by atoms with Gasteiger partial charge in [-0.3, -0.25) is 19.5 Å². The fourth-order valence-electron chi connectivity index (χ4n) is 10.5. The number of urea groups is 2. The summed E-state index contributed by atoms with van der Waals surface area (Å²) in [6.07, 6.45) is 5.64. The van der Waals surface area contributed by atoms with Crippen LogP contribution >= 0.6 is 69.6 Å². The van der Waals surface area contributed by atoms with Crippen molar-refractivity contribution < 1.29 is 14.4 Å². The average Bonchev–Trinajstić information content (AvgIpc) is 3.44. The molecule has 10 rings (SSSR count). The van der Waals surface area contributed by atoms with Gasteiger partial charge in [-0.1, -0.05) is 118 Å². The summed E-state index contributed by atoms with van der Waals surface area (Å²) in [7, 11) is 4.46. The molecule has 4 aliphatic heterocycles. The van der Waals surface area contributed by atoms with Crippen LogP contribution < -0.4 is 25.8 Å². The molecule has 6 aromatic carbocycles. The maximum Gasteiger partial charge on any atom is 0.326 e. The second-order valence-corrected chi connectivity index (χ2v) is 22.9. The number of halogens is 6. The third kappa shape index (κ3) is 13.4. The van der Waals surface area contributed by atoms with Gasteiger partial charge in [-0.25, -0.2) is 9.59 Å². The number of hydrogen-bond acceptors (Lipinski definition) is 7. The Kier molecular flexibility index (Phi) is 20.0. The molecule has 6 aromatic rings. The molecular formula is C60H66Cl6N8O3. The second-order valence-electron chi connectivity index (χ2n) is 20.4. The highest BCUT2D eigenvalue weighted by atomic mass is 35.5. The van der Waals surface area contributed by atoms with Crippen molar-refractivity contribution in [3.63, 3.8) is 0 Å². The zero-order chi connectivity index (χ0) is 55.1. The molecule has 11 nitrogen and oxygen atoms in total. The molecule has 0 aromatic heterocycles. The number of anilines is 4. The second kappa shape index (κ2) is 26.4. The van der Waals surface area contributed by atoms with E-state index < -0.39 is 0 Å². The molecule has 0 aliphatic carbocycles. The topological polar surface area (TPSA) is 104 Å². The van der Waals surface area contributed by atoms with Gasteiger partial charge in [0.05, 0.1) is 42.8 Å². The molecule has 4 amide bonds. The molecule has 3 N–H and O–H groups in total. The lowest BCUT2D eigenvalue weighted by atomic mass is 9.93. The largest absolute Gasteiger partial charge is 0.333 e. The number of aldehydes is 1. The Morgan fingerprint density at radius 1 is 0.545 bits per heavy atom. The maximum absolute atomic E-state index is 13.3. The summed E-state index contributed by atoms with van der Waals surface area (Å²) in [5.41, 5.74) is 8.97. The van der Waals surface area contributed by atoms with Gasteiger partial charge in [0, 0.05) is 81.7 Å². The minimum Gasteiger partial charge on any atom is -0.333 e. The standard InChI is InChI=1S/C30H33Cl3N4O.C21H13Cl3N2O2.C9H20N2/c1-19(2)35(3)21-11-13-36(14-12-21)18-20-15-23(22-7-4-5-8-25(22)31)24-17-34-30(38)37(28(24)16-20)29-26(32)9-6-10-27(29)33;22-16-5-2-1-4-13(16)14-8-12(11-27)9-19-15(14)10-25-21(28)26(19)20-17(23)6-3-7-18(20)24;1-8(2)11(3)9-4-6-10-7-5-9/h4-10,15-16,19,21H,11-14,17-18H2,1-3H3,(H,34,38);1-9,11H,10H2,(H,25,28);8-10H,4-7H2,1-3H3. The van der Waals surface area contributed by atoms with E-state index in [9.17, 15) is 14.4 Å². The third-order valence-corrected chi connectivity index (χ3v) is 17.0. The van der Waals surface area contributed by atoms with E-state index in [1.807, 2.05) is 42.5 Å². The average molecular weight is 1160 g/mol. The number of nitrogens with one attached hydrogen (secondary N) is 3. The number of carbonyl (C=O) groups excluding carboxylic acids is 3. The first-order valence-electron chi connectivity index (χ1n) is 26.2. The van der Waals surface area contributed by atoms with Gasteiger partial charge in [0.2, 0.25) is 0 Å². The number of amides is 4. The number of nitrogens with zero attached hydrogens (tertiary/aromatic N) is 5. The Bertz CT molecular complexity index is 3050. The Balaban J connectivity index is 0.000000175. The summed E-state index contributed by atoms with van der Waals surface area (Å²) < 4.78 is 0. The molecule has 0 spiro atoms. The predicted octanol–water partition coefficient (Wildman–Crippen LogP) is 15.5. The molecule has 77 heavy (non-hydrogen) atoms. The van der Waals surface area contributed by atoms with Crippen molar-refractivity contribution in [1.82, 2.24) is 30.7 Å². The SMILES string of the molecule is CC(C)N(C)C1CCN(Cc2cc(-c3ccccc3Cl)c3c(c2)N(c2c(Cl)cccc2Cl)C(=O)NC3)CC1.CC(C)N(C)C1CCNCC1.O=Cc1cc(-c2ccccc2Cl)c2c(c1)N(c1c(Cl)cccc1Cl)C(=O)NC2. The van der Waals surface area contributed by atoms with E-state index in [2.05, 4.69) is 84.6 Å². The van der Waals surface area contributed by atoms with Crippen molar-refractivity contribution >= 4 is 111 Å². The highest BCUT2D eigenvalue weighted by molar-refractivity contribution is 6.41. The zero-order valence-corrected chi connectivity index (χ0v) is 48.8. The van der Waals surface area contributed by atoms with E-state index >= 15 is 0 Å². The van der Waals surface area contributed by atoms with E-state index in [4.69, 9.17) is 69.6 Å². The summed E-state index contributed by atoms with van der Waals surface area (Å²) in [5.74, 6) is 0. The van der Waals surface area contributed by atoms with Crippen LogP contribution in [0.1, 0.15) is 80.4 Å². The van der Waals surface area contributed by atoms with Crippen LogP contribution in [0.3, 0.4) is 0 Å². The molecule has 0 radical (unpaired) electrons. The number of fused-ring (bicyclic) bond motifs is 2. The summed E-state index contributed by atoms with van der Waals surface area (Å²) in [6, 6.07) is 35.3. The summed E-state index contributed by atoms with van der Waals surface area (Å²) in [5, 5.41) is 11.9. The van der Waals surface area contributed by atoms with Crippen molar-refractivity contribution in [1.29, 1.82) is 0 Å². The van der Waals surface area contributed by atoms with E-state index in [1.165, 1.54) is 30.8 Å². The molecule has 0 atom stereocenters. The first-order valence-corrected chi connectivity index (χ1v) is 28.4. The quantitative estimate of drug-likeness (QED) is 0.111. The summed E-state index contributed by atoms with van der Waals surface area (Å²) in [6.45, 7) is 14.9. The maximum atomic E-state index is 13.3. The van der Waals surface area contributed by atoms with Gasteiger partial charge >= 0.3 is 12.1 Å². The Morgan fingerprint density at radius 2 is 0.961 bits per heavy atom. The van der Waals surface area contributed by atoms with Gasteiger partial charge in [-0.2, -0.15) is 0 Å². The van der Waals surface area contributed by atoms with Crippen LogP contribution in [-0.4, -0.2) is 97.5 Å². The molecule has 17 heteroatoms. The smallest absolute Gasteiger partial charge is 0.326 e. The molecule has 2 saturated heterocycles. The van der Waals surface area contributed by atoms with Crippen LogP contribution in [-0.2, 0) is 19.6 Å². The number of para-hydroxylation sites is 2. The molecule has 2 fully saturated rings. The normalized spacial score (nSPS) is 16.1. The number of piperidine rings is 2. The molecule has 0 unspecified atom stereocenters. The van der Waals surface area contributed by atoms with Crippen molar-refractivity contribution in [2.75, 3.05) is 50.1 Å². The lowest BCUT2D eigenvalue weighted by Gasteiger charge is -2.39. The molecular weight excluding hydrogens is 1090 g/mol. The van der Waals surface area contributed by atoms with E-state index in [-0.39, 0.29) is 18.6 Å². The van der Waals surface area contributed by atoms with Crippen LogP contribution in [0.2, 0.25) is 30.1 Å². The van der Waals surface area contributed by atoms with E-state index in [0.717, 1.165) is 89.4 Å². The molecule has 0 saturated carbocycles. The first kappa shape index (κ1) is 58.3. The van der Waals surface area contributed by atoms with E-state index in [1.54, 1.807) is 59.5 Å². The lowest BCUT2D eigenvalue weighted by molar-refractivity contribution is 0.104. The monoisotopic (exact) mass is 1160 g/mol. The Labute approximate surface area is 483 Å². The minimum atomic E-state index is -0.379.